The van der Waals surface area contributed by atoms with Crippen molar-refractivity contribution in [2.45, 2.75) is 38.1 Å². The van der Waals surface area contributed by atoms with Gasteiger partial charge < -0.3 is 19.5 Å². The molecular weight excluding hydrogens is 330 g/mol. The maximum atomic E-state index is 12.4. The molecule has 26 heavy (non-hydrogen) atoms. The summed E-state index contributed by atoms with van der Waals surface area (Å²) in [5.74, 6) is 1.99. The van der Waals surface area contributed by atoms with E-state index >= 15 is 0 Å². The third kappa shape index (κ3) is 3.81. The third-order valence-corrected chi connectivity index (χ3v) is 5.20. The minimum atomic E-state index is -0.0445. The molecule has 1 saturated heterocycles. The zero-order valence-electron chi connectivity index (χ0n) is 14.9. The number of hydrogen-bond acceptors (Lipinski definition) is 6. The first kappa shape index (κ1) is 16.9. The molecule has 2 fully saturated rings. The predicted octanol–water partition coefficient (Wildman–Crippen LogP) is 2.78. The smallest absolute Gasteiger partial charge is 0.289 e. The van der Waals surface area contributed by atoms with Crippen molar-refractivity contribution in [3.05, 3.63) is 36.4 Å². The highest BCUT2D eigenvalue weighted by molar-refractivity contribution is 5.91. The first-order valence-electron chi connectivity index (χ1n) is 9.47. The second-order valence-electron chi connectivity index (χ2n) is 6.97. The molecule has 138 valence electrons. The van der Waals surface area contributed by atoms with Crippen molar-refractivity contribution in [2.24, 2.45) is 0 Å². The van der Waals surface area contributed by atoms with E-state index in [9.17, 15) is 4.79 Å². The fourth-order valence-corrected chi connectivity index (χ4v) is 3.72. The maximum absolute atomic E-state index is 12.4. The average molecular weight is 355 g/mol. The topological polar surface area (TPSA) is 74.5 Å². The highest BCUT2D eigenvalue weighted by Crippen LogP contribution is 2.21. The molecule has 0 radical (unpaired) electrons. The van der Waals surface area contributed by atoms with Gasteiger partial charge >= 0.3 is 0 Å². The van der Waals surface area contributed by atoms with Crippen LogP contribution in [0, 0.1) is 0 Å². The van der Waals surface area contributed by atoms with Crippen molar-refractivity contribution in [2.75, 3.05) is 36.4 Å². The number of piperazine rings is 1. The molecule has 0 aromatic carbocycles. The molecule has 0 spiro atoms. The molecule has 4 rings (SSSR count). The summed E-state index contributed by atoms with van der Waals surface area (Å²) in [5.41, 5.74) is 0. The molecule has 7 heteroatoms. The first-order chi connectivity index (χ1) is 12.8. The number of carbonyl (C=O) groups excluding carboxylic acids is 1. The number of nitrogens with one attached hydrogen (secondary N) is 1. The number of amides is 1. The summed E-state index contributed by atoms with van der Waals surface area (Å²) in [6.07, 6.45) is 9.63. The normalized spacial score (nSPS) is 18.8. The second-order valence-corrected chi connectivity index (χ2v) is 6.97. The molecule has 2 aromatic heterocycles. The largest absolute Gasteiger partial charge is 0.459 e. The summed E-state index contributed by atoms with van der Waals surface area (Å²) in [6.45, 7) is 2.84. The number of aromatic nitrogens is 2. The Kier molecular flexibility index (Phi) is 5.04. The molecule has 0 unspecified atom stereocenters. The minimum Gasteiger partial charge on any atom is -0.459 e. The molecule has 1 aliphatic carbocycles. The number of anilines is 2. The van der Waals surface area contributed by atoms with Gasteiger partial charge in [-0.05, 0) is 31.0 Å². The van der Waals surface area contributed by atoms with E-state index < -0.39 is 0 Å². The van der Waals surface area contributed by atoms with Crippen molar-refractivity contribution in [3.63, 3.8) is 0 Å². The summed E-state index contributed by atoms with van der Waals surface area (Å²) in [5, 5.41) is 3.48. The summed E-state index contributed by atoms with van der Waals surface area (Å²) >= 11 is 0. The Balaban J connectivity index is 1.35. The third-order valence-electron chi connectivity index (χ3n) is 5.20. The van der Waals surface area contributed by atoms with Gasteiger partial charge in [0.2, 0.25) is 5.95 Å². The molecule has 0 bridgehead atoms. The van der Waals surface area contributed by atoms with Crippen LogP contribution >= 0.6 is 0 Å². The van der Waals surface area contributed by atoms with Crippen LogP contribution in [0.3, 0.4) is 0 Å². The Morgan fingerprint density at radius 3 is 2.65 bits per heavy atom. The highest BCUT2D eigenvalue weighted by atomic mass is 16.3. The number of rotatable bonds is 4. The SMILES string of the molecule is O=C(c1ccco1)N1CCN(c2ccnc(NC3CCCCC3)n2)CC1. The second kappa shape index (κ2) is 7.76. The maximum Gasteiger partial charge on any atom is 0.289 e. The van der Waals surface area contributed by atoms with Crippen molar-refractivity contribution in [1.29, 1.82) is 0 Å². The molecule has 2 aromatic rings. The van der Waals surface area contributed by atoms with Crippen LogP contribution in [0.2, 0.25) is 0 Å². The van der Waals surface area contributed by atoms with Crippen LogP contribution in [0.5, 0.6) is 0 Å². The first-order valence-corrected chi connectivity index (χ1v) is 9.47. The van der Waals surface area contributed by atoms with E-state index in [4.69, 9.17) is 9.40 Å². The van der Waals surface area contributed by atoms with Crippen molar-refractivity contribution < 1.29 is 9.21 Å². The summed E-state index contributed by atoms with van der Waals surface area (Å²) < 4.78 is 5.21. The number of carbonyl (C=O) groups is 1. The molecule has 7 nitrogen and oxygen atoms in total. The Hall–Kier alpha value is -2.57. The number of nitrogens with zero attached hydrogens (tertiary/aromatic N) is 4. The van der Waals surface area contributed by atoms with Gasteiger partial charge in [0, 0.05) is 38.4 Å². The van der Waals surface area contributed by atoms with E-state index in [2.05, 4.69) is 15.2 Å². The number of hydrogen-bond donors (Lipinski definition) is 1. The molecule has 0 atom stereocenters. The minimum absolute atomic E-state index is 0.0445. The van der Waals surface area contributed by atoms with Crippen LogP contribution in [0.1, 0.15) is 42.7 Å². The predicted molar refractivity (Wildman–Crippen MR) is 99.4 cm³/mol. The Morgan fingerprint density at radius 1 is 1.12 bits per heavy atom. The molecule has 1 saturated carbocycles. The van der Waals surface area contributed by atoms with Gasteiger partial charge in [-0.25, -0.2) is 4.98 Å². The molecule has 2 aliphatic rings. The van der Waals surface area contributed by atoms with Gasteiger partial charge in [0.25, 0.3) is 5.91 Å². The Labute approximate surface area is 153 Å². The van der Waals surface area contributed by atoms with E-state index in [1.165, 1.54) is 38.4 Å². The van der Waals surface area contributed by atoms with Crippen LogP contribution in [0.15, 0.2) is 35.1 Å². The van der Waals surface area contributed by atoms with Gasteiger partial charge in [-0.15, -0.1) is 0 Å². The van der Waals surface area contributed by atoms with Gasteiger partial charge in [-0.1, -0.05) is 19.3 Å². The molecule has 1 amide bonds. The van der Waals surface area contributed by atoms with E-state index in [1.807, 2.05) is 17.2 Å². The van der Waals surface area contributed by atoms with Crippen LogP contribution in [0.4, 0.5) is 11.8 Å². The van der Waals surface area contributed by atoms with Crippen molar-refractivity contribution >= 4 is 17.7 Å². The van der Waals surface area contributed by atoms with Gasteiger partial charge in [-0.3, -0.25) is 4.79 Å². The quantitative estimate of drug-likeness (QED) is 0.909. The van der Waals surface area contributed by atoms with E-state index in [0.29, 0.717) is 30.8 Å². The van der Waals surface area contributed by atoms with Gasteiger partial charge in [0.15, 0.2) is 5.76 Å². The lowest BCUT2D eigenvalue weighted by Gasteiger charge is -2.35. The monoisotopic (exact) mass is 355 g/mol. The highest BCUT2D eigenvalue weighted by Gasteiger charge is 2.24. The van der Waals surface area contributed by atoms with Gasteiger partial charge in [-0.2, -0.15) is 4.98 Å². The van der Waals surface area contributed by atoms with Crippen LogP contribution in [-0.4, -0.2) is 53.0 Å². The molecular formula is C19H25N5O2. The lowest BCUT2D eigenvalue weighted by atomic mass is 9.96. The summed E-state index contributed by atoms with van der Waals surface area (Å²) in [7, 11) is 0. The number of furan rings is 1. The Morgan fingerprint density at radius 2 is 1.92 bits per heavy atom. The average Bonchev–Trinajstić information content (AvgIpc) is 3.23. The zero-order valence-corrected chi connectivity index (χ0v) is 14.9. The van der Waals surface area contributed by atoms with E-state index in [1.54, 1.807) is 12.1 Å². The lowest BCUT2D eigenvalue weighted by molar-refractivity contribution is 0.0714. The fourth-order valence-electron chi connectivity index (χ4n) is 3.72. The standard InChI is InChI=1S/C19H25N5O2/c25-18(16-7-4-14-26-16)24-12-10-23(11-13-24)17-8-9-20-19(22-17)21-15-5-2-1-3-6-15/h4,7-9,14-15H,1-3,5-6,10-13H2,(H,20,21,22). The van der Waals surface area contributed by atoms with Gasteiger partial charge in [0.1, 0.15) is 5.82 Å². The van der Waals surface area contributed by atoms with Crippen molar-refractivity contribution in [3.8, 4) is 0 Å². The van der Waals surface area contributed by atoms with Gasteiger partial charge in [0.05, 0.1) is 6.26 Å². The lowest BCUT2D eigenvalue weighted by Crippen LogP contribution is -2.49. The van der Waals surface area contributed by atoms with Crippen LogP contribution in [-0.2, 0) is 0 Å². The van der Waals surface area contributed by atoms with E-state index in [-0.39, 0.29) is 5.91 Å². The fraction of sp³-hybridized carbons (Fsp3) is 0.526. The molecule has 3 heterocycles. The van der Waals surface area contributed by atoms with Crippen LogP contribution in [0.25, 0.3) is 0 Å². The summed E-state index contributed by atoms with van der Waals surface area (Å²) in [4.78, 5) is 25.5. The zero-order chi connectivity index (χ0) is 17.8. The molecule has 1 aliphatic heterocycles. The van der Waals surface area contributed by atoms with E-state index in [0.717, 1.165) is 18.9 Å². The van der Waals surface area contributed by atoms with Crippen LogP contribution < -0.4 is 10.2 Å². The molecule has 1 N–H and O–H groups in total. The van der Waals surface area contributed by atoms with Crippen molar-refractivity contribution in [1.82, 2.24) is 14.9 Å². The summed E-state index contributed by atoms with van der Waals surface area (Å²) in [6, 6.07) is 5.88. The Bertz CT molecular complexity index is 719.